The molecule has 1 heterocycles. The molecule has 0 amide bonds. The molecule has 0 saturated carbocycles. The first kappa shape index (κ1) is 7.66. The third-order valence-electron chi connectivity index (χ3n) is 1.17. The summed E-state index contributed by atoms with van der Waals surface area (Å²) in [6, 6.07) is 0. The smallest absolute Gasteiger partial charge is 0.321 e. The molecule has 0 spiro atoms. The molecule has 0 saturated heterocycles. The van der Waals surface area contributed by atoms with Crippen LogP contribution in [-0.2, 0) is 4.57 Å². The number of nitrogens with zero attached hydrogens (tertiary/aromatic N) is 1. The molecule has 2 N–H and O–H groups in total. The van der Waals surface area contributed by atoms with Crippen LogP contribution in [0.15, 0.2) is 16.4 Å². The van der Waals surface area contributed by atoms with Crippen molar-refractivity contribution in [2.45, 2.75) is 6.42 Å². The first-order valence-corrected chi connectivity index (χ1v) is 4.48. The average Bonchev–Trinajstić information content (AvgIpc) is 1.88. The molecule has 0 aliphatic carbocycles. The first-order chi connectivity index (χ1) is 4.61. The van der Waals surface area contributed by atoms with Crippen molar-refractivity contribution in [2.24, 2.45) is 4.99 Å². The third-order valence-corrected chi connectivity index (χ3v) is 2.14. The Morgan fingerprint density at radius 2 is 2.30 bits per heavy atom. The summed E-state index contributed by atoms with van der Waals surface area (Å²) < 4.78 is 10.5. The molecule has 5 heteroatoms. The third kappa shape index (κ3) is 1.77. The Bertz CT molecular complexity index is 227. The van der Waals surface area contributed by atoms with Crippen molar-refractivity contribution in [3.8, 4) is 0 Å². The summed E-state index contributed by atoms with van der Waals surface area (Å²) in [6.45, 7) is 0.628. The lowest BCUT2D eigenvalue weighted by Crippen LogP contribution is -1.94. The molecule has 0 aromatic carbocycles. The minimum absolute atomic E-state index is 0.0405. The van der Waals surface area contributed by atoms with Gasteiger partial charge in [0.25, 0.3) is 0 Å². The number of dihydropyridines is 1. The second-order valence-electron chi connectivity index (χ2n) is 2.00. The van der Waals surface area contributed by atoms with Gasteiger partial charge in [0.1, 0.15) is 0 Å². The minimum atomic E-state index is -4.03. The van der Waals surface area contributed by atoms with E-state index in [0.717, 1.165) is 0 Å². The van der Waals surface area contributed by atoms with Gasteiger partial charge in [-0.1, -0.05) is 6.08 Å². The van der Waals surface area contributed by atoms with Crippen molar-refractivity contribution in [2.75, 3.05) is 6.54 Å². The Kier molecular flexibility index (Phi) is 2.04. The summed E-state index contributed by atoms with van der Waals surface area (Å²) in [4.78, 5) is 20.9. The maximum atomic E-state index is 10.5. The largest absolute Gasteiger partial charge is 0.357 e. The highest BCUT2D eigenvalue weighted by atomic mass is 31.2. The van der Waals surface area contributed by atoms with Gasteiger partial charge in [-0.3, -0.25) is 9.56 Å². The molecule has 1 aliphatic rings. The van der Waals surface area contributed by atoms with E-state index in [-0.39, 0.29) is 5.31 Å². The maximum absolute atomic E-state index is 10.5. The van der Waals surface area contributed by atoms with Gasteiger partial charge in [0, 0.05) is 12.8 Å². The molecule has 0 unspecified atom stereocenters. The first-order valence-electron chi connectivity index (χ1n) is 2.87. The molecule has 0 aromatic rings. The van der Waals surface area contributed by atoms with E-state index in [0.29, 0.717) is 13.0 Å². The number of aliphatic imine (C=N–C) groups is 1. The van der Waals surface area contributed by atoms with Crippen LogP contribution in [0.1, 0.15) is 6.42 Å². The van der Waals surface area contributed by atoms with Crippen LogP contribution in [0.5, 0.6) is 0 Å². The van der Waals surface area contributed by atoms with E-state index in [2.05, 4.69) is 4.99 Å². The van der Waals surface area contributed by atoms with Crippen molar-refractivity contribution >= 4 is 13.8 Å². The van der Waals surface area contributed by atoms with Crippen LogP contribution in [0.25, 0.3) is 0 Å². The molecule has 0 aromatic heterocycles. The fraction of sp³-hybridized carbons (Fsp3) is 0.400. The highest BCUT2D eigenvalue weighted by molar-refractivity contribution is 7.57. The van der Waals surface area contributed by atoms with Crippen LogP contribution in [-0.4, -0.2) is 22.5 Å². The van der Waals surface area contributed by atoms with Crippen LogP contribution in [0.2, 0.25) is 0 Å². The van der Waals surface area contributed by atoms with E-state index in [1.165, 1.54) is 12.3 Å². The van der Waals surface area contributed by atoms with Crippen molar-refractivity contribution in [1.29, 1.82) is 0 Å². The lowest BCUT2D eigenvalue weighted by atomic mass is 10.3. The van der Waals surface area contributed by atoms with Gasteiger partial charge in [-0.05, 0) is 6.42 Å². The summed E-state index contributed by atoms with van der Waals surface area (Å²) in [6.07, 6.45) is 3.38. The zero-order valence-electron chi connectivity index (χ0n) is 5.27. The molecule has 10 heavy (non-hydrogen) atoms. The number of hydrogen-bond donors (Lipinski definition) is 2. The van der Waals surface area contributed by atoms with Crippen molar-refractivity contribution < 1.29 is 14.4 Å². The van der Waals surface area contributed by atoms with Gasteiger partial charge in [-0.15, -0.1) is 0 Å². The predicted molar refractivity (Wildman–Crippen MR) is 38.1 cm³/mol. The Balaban J connectivity index is 2.83. The van der Waals surface area contributed by atoms with Crippen LogP contribution in [0.3, 0.4) is 0 Å². The van der Waals surface area contributed by atoms with Crippen molar-refractivity contribution in [3.05, 3.63) is 11.4 Å². The minimum Gasteiger partial charge on any atom is -0.321 e. The van der Waals surface area contributed by atoms with E-state index in [1.807, 2.05) is 0 Å². The standard InChI is InChI=1S/C5H8NO3P/c7-10(8,9)5-2-1-3-6-4-5/h2,4H,1,3H2,(H2,7,8,9). The highest BCUT2D eigenvalue weighted by Gasteiger charge is 2.19. The zero-order chi connectivity index (χ0) is 7.61. The zero-order valence-corrected chi connectivity index (χ0v) is 6.16. The maximum Gasteiger partial charge on any atom is 0.357 e. The lowest BCUT2D eigenvalue weighted by Gasteiger charge is -2.06. The molecule has 4 nitrogen and oxygen atoms in total. The SMILES string of the molecule is O=P(O)(O)C1=CCCN=C1. The second-order valence-corrected chi connectivity index (χ2v) is 3.60. The monoisotopic (exact) mass is 161 g/mol. The van der Waals surface area contributed by atoms with Gasteiger partial charge in [-0.2, -0.15) is 0 Å². The van der Waals surface area contributed by atoms with E-state index >= 15 is 0 Å². The second kappa shape index (κ2) is 2.66. The van der Waals surface area contributed by atoms with Crippen LogP contribution in [0, 0.1) is 0 Å². The highest BCUT2D eigenvalue weighted by Crippen LogP contribution is 2.44. The molecule has 56 valence electrons. The molecule has 1 rings (SSSR count). The Morgan fingerprint density at radius 3 is 2.60 bits per heavy atom. The lowest BCUT2D eigenvalue weighted by molar-refractivity contribution is 0.384. The quantitative estimate of drug-likeness (QED) is 0.551. The average molecular weight is 161 g/mol. The molecular weight excluding hydrogens is 153 g/mol. The number of rotatable bonds is 1. The van der Waals surface area contributed by atoms with Crippen molar-refractivity contribution in [1.82, 2.24) is 0 Å². The molecule has 0 bridgehead atoms. The molecule has 1 aliphatic heterocycles. The van der Waals surface area contributed by atoms with Crippen LogP contribution in [0.4, 0.5) is 0 Å². The summed E-state index contributed by atoms with van der Waals surface area (Å²) >= 11 is 0. The summed E-state index contributed by atoms with van der Waals surface area (Å²) in [7, 11) is -4.03. The Labute approximate surface area is 58.5 Å². The van der Waals surface area contributed by atoms with Crippen LogP contribution >= 0.6 is 7.60 Å². The molecule has 0 atom stereocenters. The summed E-state index contributed by atoms with van der Waals surface area (Å²) in [5, 5.41) is 0.0405. The fourth-order valence-electron chi connectivity index (χ4n) is 0.692. The summed E-state index contributed by atoms with van der Waals surface area (Å²) in [5.41, 5.74) is 0. The van der Waals surface area contributed by atoms with E-state index in [1.54, 1.807) is 0 Å². The predicted octanol–water partition coefficient (Wildman–Crippen LogP) is 0.522. The van der Waals surface area contributed by atoms with Crippen LogP contribution < -0.4 is 0 Å². The normalized spacial score (nSPS) is 18.8. The van der Waals surface area contributed by atoms with E-state index in [4.69, 9.17) is 9.79 Å². The Hall–Kier alpha value is -0.440. The molecule has 0 fully saturated rings. The van der Waals surface area contributed by atoms with Gasteiger partial charge in [0.15, 0.2) is 0 Å². The Morgan fingerprint density at radius 1 is 1.60 bits per heavy atom. The summed E-state index contributed by atoms with van der Waals surface area (Å²) in [5.74, 6) is 0. The fourth-order valence-corrected chi connectivity index (χ4v) is 1.29. The van der Waals surface area contributed by atoms with Gasteiger partial charge >= 0.3 is 7.60 Å². The number of hydrogen-bond acceptors (Lipinski definition) is 2. The van der Waals surface area contributed by atoms with Gasteiger partial charge in [0.05, 0.1) is 5.31 Å². The number of allylic oxidation sites excluding steroid dienone is 1. The topological polar surface area (TPSA) is 69.9 Å². The van der Waals surface area contributed by atoms with E-state index in [9.17, 15) is 4.57 Å². The van der Waals surface area contributed by atoms with E-state index < -0.39 is 7.60 Å². The van der Waals surface area contributed by atoms with Gasteiger partial charge in [-0.25, -0.2) is 0 Å². The molecular formula is C5H8NO3P. The van der Waals surface area contributed by atoms with Gasteiger partial charge in [0.2, 0.25) is 0 Å². The van der Waals surface area contributed by atoms with Crippen molar-refractivity contribution in [3.63, 3.8) is 0 Å². The van der Waals surface area contributed by atoms with Gasteiger partial charge < -0.3 is 9.79 Å². The molecule has 0 radical (unpaired) electrons.